The van der Waals surface area contributed by atoms with Crippen LogP contribution in [0.15, 0.2) is 15.6 Å². The lowest BCUT2D eigenvalue weighted by Gasteiger charge is -2.35. The van der Waals surface area contributed by atoms with Gasteiger partial charge < -0.3 is 15.2 Å². The first-order valence-corrected chi connectivity index (χ1v) is 9.71. The number of guanidine groups is 1. The Kier molecular flexibility index (Phi) is 7.75. The smallest absolute Gasteiger partial charge is 0.191 e. The summed E-state index contributed by atoms with van der Waals surface area (Å²) >= 11 is 0. The van der Waals surface area contributed by atoms with Crippen LogP contribution in [0.5, 0.6) is 0 Å². The number of aromatic nitrogens is 1. The van der Waals surface area contributed by atoms with Crippen molar-refractivity contribution in [3.05, 3.63) is 17.5 Å². The van der Waals surface area contributed by atoms with Crippen LogP contribution in [0.25, 0.3) is 0 Å². The van der Waals surface area contributed by atoms with E-state index in [-0.39, 0.29) is 0 Å². The number of hydrogen-bond acceptors (Lipinski definition) is 4. The molecule has 142 valence electrons. The SMILES string of the molecule is CCNC(=NCc1cc(C(C)C)no1)NCC(C)N1CCCC(C)C1. The second kappa shape index (κ2) is 9.80. The molecule has 0 bridgehead atoms. The van der Waals surface area contributed by atoms with E-state index in [9.17, 15) is 0 Å². The third kappa shape index (κ3) is 6.34. The van der Waals surface area contributed by atoms with Crippen LogP contribution in [-0.2, 0) is 6.54 Å². The topological polar surface area (TPSA) is 65.7 Å². The zero-order chi connectivity index (χ0) is 18.2. The van der Waals surface area contributed by atoms with Crippen molar-refractivity contribution >= 4 is 5.96 Å². The fourth-order valence-corrected chi connectivity index (χ4v) is 3.17. The number of rotatable bonds is 7. The minimum Gasteiger partial charge on any atom is -0.359 e. The molecule has 0 saturated carbocycles. The van der Waals surface area contributed by atoms with E-state index in [1.807, 2.05) is 6.07 Å². The first kappa shape index (κ1) is 19.8. The zero-order valence-corrected chi connectivity index (χ0v) is 16.5. The summed E-state index contributed by atoms with van der Waals surface area (Å²) in [6.45, 7) is 15.6. The van der Waals surface area contributed by atoms with E-state index < -0.39 is 0 Å². The van der Waals surface area contributed by atoms with Crippen LogP contribution in [-0.4, -0.2) is 48.2 Å². The minimum absolute atomic E-state index is 0.376. The van der Waals surface area contributed by atoms with Gasteiger partial charge in [-0.3, -0.25) is 4.90 Å². The third-order valence-corrected chi connectivity index (χ3v) is 4.78. The predicted molar refractivity (Wildman–Crippen MR) is 103 cm³/mol. The number of nitrogens with zero attached hydrogens (tertiary/aromatic N) is 3. The molecule has 6 heteroatoms. The summed E-state index contributed by atoms with van der Waals surface area (Å²) in [5.41, 5.74) is 0.982. The van der Waals surface area contributed by atoms with Crippen LogP contribution >= 0.6 is 0 Å². The molecule has 1 aliphatic rings. The van der Waals surface area contributed by atoms with Gasteiger partial charge in [-0.05, 0) is 45.1 Å². The highest BCUT2D eigenvalue weighted by atomic mass is 16.5. The average molecular weight is 350 g/mol. The van der Waals surface area contributed by atoms with Gasteiger partial charge in [0.1, 0.15) is 6.54 Å². The van der Waals surface area contributed by atoms with E-state index in [1.165, 1.54) is 25.9 Å². The molecule has 2 atom stereocenters. The van der Waals surface area contributed by atoms with Crippen LogP contribution in [0, 0.1) is 5.92 Å². The number of aliphatic imine (C=N–C) groups is 1. The van der Waals surface area contributed by atoms with Gasteiger partial charge in [-0.25, -0.2) is 4.99 Å². The maximum absolute atomic E-state index is 5.37. The maximum atomic E-state index is 5.37. The molecule has 0 aromatic carbocycles. The van der Waals surface area contributed by atoms with Gasteiger partial charge in [-0.2, -0.15) is 0 Å². The first-order chi connectivity index (χ1) is 12.0. The molecule has 1 aromatic rings. The van der Waals surface area contributed by atoms with Gasteiger partial charge in [0.15, 0.2) is 11.7 Å². The average Bonchev–Trinajstić information content (AvgIpc) is 3.06. The summed E-state index contributed by atoms with van der Waals surface area (Å²) in [7, 11) is 0. The van der Waals surface area contributed by atoms with Crippen molar-refractivity contribution in [2.24, 2.45) is 10.9 Å². The second-order valence-corrected chi connectivity index (χ2v) is 7.54. The van der Waals surface area contributed by atoms with Gasteiger partial charge in [0.05, 0.1) is 5.69 Å². The Morgan fingerprint density at radius 3 is 2.84 bits per heavy atom. The van der Waals surface area contributed by atoms with Crippen LogP contribution in [0.3, 0.4) is 0 Å². The molecule has 1 fully saturated rings. The summed E-state index contributed by atoms with van der Waals surface area (Å²) in [5.74, 6) is 2.82. The van der Waals surface area contributed by atoms with Crippen molar-refractivity contribution in [3.8, 4) is 0 Å². The fourth-order valence-electron chi connectivity index (χ4n) is 3.17. The van der Waals surface area contributed by atoms with Gasteiger partial charge in [0, 0.05) is 31.7 Å². The van der Waals surface area contributed by atoms with Crippen molar-refractivity contribution in [2.45, 2.75) is 66.0 Å². The molecule has 0 radical (unpaired) electrons. The normalized spacial score (nSPS) is 20.7. The Balaban J connectivity index is 1.86. The van der Waals surface area contributed by atoms with Crippen molar-refractivity contribution in [3.63, 3.8) is 0 Å². The monoisotopic (exact) mass is 349 g/mol. The highest BCUT2D eigenvalue weighted by Gasteiger charge is 2.20. The number of likely N-dealkylation sites (tertiary alicyclic amines) is 1. The van der Waals surface area contributed by atoms with Crippen molar-refractivity contribution in [2.75, 3.05) is 26.2 Å². The molecule has 0 amide bonds. The van der Waals surface area contributed by atoms with E-state index in [4.69, 9.17) is 4.52 Å². The molecular formula is C19H35N5O. The van der Waals surface area contributed by atoms with E-state index in [0.29, 0.717) is 18.5 Å². The third-order valence-electron chi connectivity index (χ3n) is 4.78. The molecule has 1 saturated heterocycles. The summed E-state index contributed by atoms with van der Waals surface area (Å²) in [6, 6.07) is 2.50. The van der Waals surface area contributed by atoms with Gasteiger partial charge in [-0.15, -0.1) is 0 Å². The lowest BCUT2D eigenvalue weighted by molar-refractivity contribution is 0.139. The second-order valence-electron chi connectivity index (χ2n) is 7.54. The Morgan fingerprint density at radius 1 is 1.40 bits per heavy atom. The molecule has 2 heterocycles. The standard InChI is InChI=1S/C19H35N5O/c1-6-20-19(22-12-17-10-18(14(2)3)23-25-17)21-11-16(5)24-9-7-8-15(4)13-24/h10,14-16H,6-9,11-13H2,1-5H3,(H2,20,21,22). The summed E-state index contributed by atoms with van der Waals surface area (Å²) in [6.07, 6.45) is 2.67. The van der Waals surface area contributed by atoms with Crippen LogP contribution < -0.4 is 10.6 Å². The van der Waals surface area contributed by atoms with Crippen LogP contribution in [0.4, 0.5) is 0 Å². The lowest BCUT2D eigenvalue weighted by Crippen LogP contribution is -2.48. The molecule has 2 rings (SSSR count). The zero-order valence-electron chi connectivity index (χ0n) is 16.5. The number of hydrogen-bond donors (Lipinski definition) is 2. The van der Waals surface area contributed by atoms with Gasteiger partial charge in [-0.1, -0.05) is 25.9 Å². The van der Waals surface area contributed by atoms with Crippen molar-refractivity contribution in [1.82, 2.24) is 20.7 Å². The molecule has 0 spiro atoms. The van der Waals surface area contributed by atoms with Gasteiger partial charge in [0.2, 0.25) is 0 Å². The first-order valence-electron chi connectivity index (χ1n) is 9.71. The maximum Gasteiger partial charge on any atom is 0.191 e. The molecule has 0 aliphatic carbocycles. The molecule has 1 aliphatic heterocycles. The van der Waals surface area contributed by atoms with E-state index in [1.54, 1.807) is 0 Å². The molecule has 2 N–H and O–H groups in total. The number of piperidine rings is 1. The highest BCUT2D eigenvalue weighted by molar-refractivity contribution is 5.79. The molecule has 1 aromatic heterocycles. The predicted octanol–water partition coefficient (Wildman–Crippen LogP) is 2.97. The highest BCUT2D eigenvalue weighted by Crippen LogP contribution is 2.17. The molecule has 6 nitrogen and oxygen atoms in total. The lowest BCUT2D eigenvalue weighted by atomic mass is 9.99. The van der Waals surface area contributed by atoms with Crippen LogP contribution in [0.2, 0.25) is 0 Å². The Labute approximate surface area is 152 Å². The Bertz CT molecular complexity index is 540. The number of nitrogens with one attached hydrogen (secondary N) is 2. The quantitative estimate of drug-likeness (QED) is 0.585. The van der Waals surface area contributed by atoms with E-state index >= 15 is 0 Å². The van der Waals surface area contributed by atoms with Gasteiger partial charge >= 0.3 is 0 Å². The summed E-state index contributed by atoms with van der Waals surface area (Å²) in [5, 5.41) is 10.9. The Hall–Kier alpha value is -1.56. The van der Waals surface area contributed by atoms with Crippen molar-refractivity contribution < 1.29 is 4.52 Å². The largest absolute Gasteiger partial charge is 0.359 e. The summed E-state index contributed by atoms with van der Waals surface area (Å²) < 4.78 is 5.37. The molecular weight excluding hydrogens is 314 g/mol. The van der Waals surface area contributed by atoms with E-state index in [2.05, 4.69) is 60.3 Å². The van der Waals surface area contributed by atoms with Gasteiger partial charge in [0.25, 0.3) is 0 Å². The van der Waals surface area contributed by atoms with Crippen molar-refractivity contribution in [1.29, 1.82) is 0 Å². The summed E-state index contributed by atoms with van der Waals surface area (Å²) in [4.78, 5) is 7.21. The molecule has 2 unspecified atom stereocenters. The van der Waals surface area contributed by atoms with Crippen LogP contribution in [0.1, 0.15) is 64.8 Å². The van der Waals surface area contributed by atoms with E-state index in [0.717, 1.165) is 36.4 Å². The minimum atomic E-state index is 0.376. The fraction of sp³-hybridized carbons (Fsp3) is 0.789. The Morgan fingerprint density at radius 2 is 2.20 bits per heavy atom. The molecule has 25 heavy (non-hydrogen) atoms.